The van der Waals surface area contributed by atoms with E-state index in [2.05, 4.69) is 41.4 Å². The maximum absolute atomic E-state index is 12.2. The topological polar surface area (TPSA) is 86.9 Å². The summed E-state index contributed by atoms with van der Waals surface area (Å²) in [5.41, 5.74) is 1.79. The van der Waals surface area contributed by atoms with Crippen molar-refractivity contribution in [2.45, 2.75) is 52.5 Å². The van der Waals surface area contributed by atoms with Crippen molar-refractivity contribution < 1.29 is 9.59 Å². The Kier molecular flexibility index (Phi) is 4.39. The number of H-pyrrole nitrogens is 1. The Balaban J connectivity index is 2.30. The van der Waals surface area contributed by atoms with Gasteiger partial charge in [-0.15, -0.1) is 0 Å². The van der Waals surface area contributed by atoms with E-state index in [0.717, 1.165) is 12.1 Å². The van der Waals surface area contributed by atoms with E-state index < -0.39 is 6.04 Å². The van der Waals surface area contributed by atoms with Gasteiger partial charge < -0.3 is 15.6 Å². The maximum atomic E-state index is 12.2. The van der Waals surface area contributed by atoms with Gasteiger partial charge in [0.1, 0.15) is 11.7 Å². The number of rotatable bonds is 4. The van der Waals surface area contributed by atoms with Crippen LogP contribution < -0.4 is 10.6 Å². The Morgan fingerprint density at radius 3 is 2.64 bits per heavy atom. The normalized spacial score (nSPS) is 21.2. The molecule has 1 aliphatic rings. The lowest BCUT2D eigenvalue weighted by atomic mass is 9.85. The summed E-state index contributed by atoms with van der Waals surface area (Å²) < 4.78 is 0. The molecule has 0 radical (unpaired) electrons. The molecule has 6 heteroatoms. The average Bonchev–Trinajstić information content (AvgIpc) is 2.91. The van der Waals surface area contributed by atoms with Gasteiger partial charge in [-0.25, -0.2) is 4.98 Å². The molecular formula is C16H24N4O2. The maximum Gasteiger partial charge on any atom is 0.268 e. The second-order valence-corrected chi connectivity index (χ2v) is 6.64. The minimum Gasteiger partial charge on any atom is -0.348 e. The zero-order valence-corrected chi connectivity index (χ0v) is 13.8. The van der Waals surface area contributed by atoms with Crippen molar-refractivity contribution in [1.29, 1.82) is 0 Å². The van der Waals surface area contributed by atoms with Gasteiger partial charge in [0.05, 0.1) is 12.0 Å². The van der Waals surface area contributed by atoms with Crippen molar-refractivity contribution >= 4 is 17.9 Å². The summed E-state index contributed by atoms with van der Waals surface area (Å²) in [7, 11) is 0. The highest BCUT2D eigenvalue weighted by molar-refractivity contribution is 6.07. The highest BCUT2D eigenvalue weighted by Crippen LogP contribution is 2.28. The van der Waals surface area contributed by atoms with Gasteiger partial charge in [0.25, 0.3) is 5.91 Å². The third kappa shape index (κ3) is 3.05. The van der Waals surface area contributed by atoms with Crippen LogP contribution in [0.5, 0.6) is 0 Å². The predicted octanol–water partition coefficient (Wildman–Crippen LogP) is 1.71. The molecule has 6 nitrogen and oxygen atoms in total. The van der Waals surface area contributed by atoms with Crippen LogP contribution in [0.2, 0.25) is 0 Å². The lowest BCUT2D eigenvalue weighted by Crippen LogP contribution is -2.56. The predicted molar refractivity (Wildman–Crippen MR) is 84.8 cm³/mol. The van der Waals surface area contributed by atoms with Crippen LogP contribution in [0.25, 0.3) is 6.08 Å². The van der Waals surface area contributed by atoms with E-state index in [1.807, 2.05) is 13.8 Å². The third-order valence-corrected chi connectivity index (χ3v) is 4.25. The highest BCUT2D eigenvalue weighted by Gasteiger charge is 2.32. The number of nitrogens with one attached hydrogen (secondary N) is 3. The Labute approximate surface area is 130 Å². The Morgan fingerprint density at radius 1 is 1.36 bits per heavy atom. The standard InChI is InChI=1S/C16H24N4O2/c1-6-16(4,5)13-10(17-8-18-13)7-11-14(21)20-12(9(2)3)15(22)19-11/h7-9,12H,6H2,1-5H3,(H,17,18)(H,19,22)(H,20,21)/b11-7-. The zero-order valence-electron chi connectivity index (χ0n) is 13.8. The van der Waals surface area contributed by atoms with Crippen molar-refractivity contribution in [3.05, 3.63) is 23.4 Å². The summed E-state index contributed by atoms with van der Waals surface area (Å²) in [6.45, 7) is 10.1. The fourth-order valence-electron chi connectivity index (χ4n) is 2.39. The summed E-state index contributed by atoms with van der Waals surface area (Å²) in [4.78, 5) is 31.7. The molecule has 3 N–H and O–H groups in total. The molecule has 1 atom stereocenters. The van der Waals surface area contributed by atoms with Crippen LogP contribution in [-0.4, -0.2) is 27.8 Å². The lowest BCUT2D eigenvalue weighted by Gasteiger charge is -2.27. The van der Waals surface area contributed by atoms with Gasteiger partial charge >= 0.3 is 0 Å². The van der Waals surface area contributed by atoms with Gasteiger partial charge in [0.15, 0.2) is 0 Å². The zero-order chi connectivity index (χ0) is 16.5. The number of nitrogens with zero attached hydrogens (tertiary/aromatic N) is 1. The van der Waals surface area contributed by atoms with E-state index in [0.29, 0.717) is 5.69 Å². The van der Waals surface area contributed by atoms with Gasteiger partial charge in [-0.1, -0.05) is 34.6 Å². The van der Waals surface area contributed by atoms with E-state index >= 15 is 0 Å². The number of aromatic nitrogens is 2. The first-order valence-corrected chi connectivity index (χ1v) is 7.63. The van der Waals surface area contributed by atoms with Gasteiger partial charge in [-0.2, -0.15) is 0 Å². The molecule has 22 heavy (non-hydrogen) atoms. The summed E-state index contributed by atoms with van der Waals surface area (Å²) >= 11 is 0. The van der Waals surface area contributed by atoms with E-state index in [4.69, 9.17) is 0 Å². The van der Waals surface area contributed by atoms with Gasteiger partial charge in [-0.3, -0.25) is 9.59 Å². The fraction of sp³-hybridized carbons (Fsp3) is 0.562. The molecule has 2 amide bonds. The van der Waals surface area contributed by atoms with Crippen LogP contribution in [0.1, 0.15) is 52.4 Å². The van der Waals surface area contributed by atoms with E-state index in [-0.39, 0.29) is 28.8 Å². The minimum absolute atomic E-state index is 0.0467. The average molecular weight is 304 g/mol. The molecule has 0 aromatic carbocycles. The van der Waals surface area contributed by atoms with E-state index in [1.165, 1.54) is 0 Å². The van der Waals surface area contributed by atoms with Gasteiger partial charge in [0.2, 0.25) is 5.91 Å². The molecule has 1 aromatic heterocycles. The molecule has 1 fully saturated rings. The van der Waals surface area contributed by atoms with E-state index in [1.54, 1.807) is 12.4 Å². The summed E-state index contributed by atoms with van der Waals surface area (Å²) in [6, 6.07) is -0.490. The van der Waals surface area contributed by atoms with Crippen LogP contribution in [0.4, 0.5) is 0 Å². The molecule has 1 aromatic rings. The monoisotopic (exact) mass is 304 g/mol. The van der Waals surface area contributed by atoms with Crippen molar-refractivity contribution in [1.82, 2.24) is 20.6 Å². The number of piperazine rings is 1. The molecule has 2 heterocycles. The van der Waals surface area contributed by atoms with Gasteiger partial charge in [0, 0.05) is 11.1 Å². The van der Waals surface area contributed by atoms with Crippen LogP contribution in [-0.2, 0) is 15.0 Å². The first-order valence-electron chi connectivity index (χ1n) is 7.63. The molecule has 1 aliphatic heterocycles. The second kappa shape index (κ2) is 5.94. The second-order valence-electron chi connectivity index (χ2n) is 6.64. The van der Waals surface area contributed by atoms with Crippen LogP contribution >= 0.6 is 0 Å². The first kappa shape index (κ1) is 16.3. The highest BCUT2D eigenvalue weighted by atomic mass is 16.2. The minimum atomic E-state index is -0.490. The third-order valence-electron chi connectivity index (χ3n) is 4.25. The summed E-state index contributed by atoms with van der Waals surface area (Å²) in [5.74, 6) is -0.417. The fourth-order valence-corrected chi connectivity index (χ4v) is 2.39. The quantitative estimate of drug-likeness (QED) is 0.740. The van der Waals surface area contributed by atoms with Crippen LogP contribution in [0.15, 0.2) is 12.0 Å². The Morgan fingerprint density at radius 2 is 2.05 bits per heavy atom. The molecule has 1 unspecified atom stereocenters. The van der Waals surface area contributed by atoms with Crippen molar-refractivity contribution in [2.24, 2.45) is 5.92 Å². The number of carbonyl (C=O) groups excluding carboxylic acids is 2. The number of aromatic amines is 1. The molecule has 0 aliphatic carbocycles. The van der Waals surface area contributed by atoms with Crippen LogP contribution in [0, 0.1) is 5.92 Å². The molecule has 1 saturated heterocycles. The number of carbonyl (C=O) groups is 2. The summed E-state index contributed by atoms with van der Waals surface area (Å²) in [5, 5.41) is 5.43. The molecule has 120 valence electrons. The Bertz CT molecular complexity index is 613. The smallest absolute Gasteiger partial charge is 0.268 e. The van der Waals surface area contributed by atoms with Gasteiger partial charge in [-0.05, 0) is 18.4 Å². The number of hydrogen-bond acceptors (Lipinski definition) is 3. The number of imidazole rings is 1. The molecule has 0 bridgehead atoms. The molecule has 0 spiro atoms. The van der Waals surface area contributed by atoms with Crippen molar-refractivity contribution in [3.8, 4) is 0 Å². The number of hydrogen-bond donors (Lipinski definition) is 3. The van der Waals surface area contributed by atoms with Crippen molar-refractivity contribution in [2.75, 3.05) is 0 Å². The Hall–Kier alpha value is -2.11. The first-order chi connectivity index (χ1) is 10.3. The van der Waals surface area contributed by atoms with Crippen molar-refractivity contribution in [3.63, 3.8) is 0 Å². The lowest BCUT2D eigenvalue weighted by molar-refractivity contribution is -0.132. The molecule has 0 saturated carbocycles. The van der Waals surface area contributed by atoms with Crippen LogP contribution in [0.3, 0.4) is 0 Å². The van der Waals surface area contributed by atoms with E-state index in [9.17, 15) is 9.59 Å². The number of amides is 2. The molecule has 2 rings (SSSR count). The molecular weight excluding hydrogens is 280 g/mol. The summed E-state index contributed by atoms with van der Waals surface area (Å²) in [6.07, 6.45) is 4.17. The largest absolute Gasteiger partial charge is 0.348 e. The SMILES string of the molecule is CCC(C)(C)c1[nH]cnc1/C=C1\NC(=O)C(C(C)C)NC1=O.